The third kappa shape index (κ3) is 3.32. The second kappa shape index (κ2) is 7.19. The van der Waals surface area contributed by atoms with Crippen molar-refractivity contribution in [1.29, 1.82) is 0 Å². The van der Waals surface area contributed by atoms with E-state index in [2.05, 4.69) is 20.2 Å². The summed E-state index contributed by atoms with van der Waals surface area (Å²) in [6.45, 7) is 4.63. The smallest absolute Gasteiger partial charge is 0.233 e. The predicted molar refractivity (Wildman–Crippen MR) is 110 cm³/mol. The van der Waals surface area contributed by atoms with E-state index in [9.17, 15) is 9.18 Å². The lowest BCUT2D eigenvalue weighted by atomic mass is 9.94. The Kier molecular flexibility index (Phi) is 4.49. The zero-order valence-corrected chi connectivity index (χ0v) is 16.8. The van der Waals surface area contributed by atoms with Crippen LogP contribution in [0.2, 0.25) is 0 Å². The molecule has 1 amide bonds. The summed E-state index contributed by atoms with van der Waals surface area (Å²) in [5.74, 6) is 1.36. The van der Waals surface area contributed by atoms with Crippen LogP contribution in [-0.4, -0.2) is 57.0 Å². The van der Waals surface area contributed by atoms with Crippen molar-refractivity contribution in [2.75, 3.05) is 31.1 Å². The number of carbonyl (C=O) groups is 1. The van der Waals surface area contributed by atoms with E-state index in [0.29, 0.717) is 32.0 Å². The lowest BCUT2D eigenvalue weighted by Gasteiger charge is -2.37. The fraction of sp³-hybridized carbons (Fsp3) is 0.364. The molecule has 5 rings (SSSR count). The van der Waals surface area contributed by atoms with Gasteiger partial charge in [0.2, 0.25) is 5.91 Å². The Morgan fingerprint density at radius 2 is 1.60 bits per heavy atom. The summed E-state index contributed by atoms with van der Waals surface area (Å²) >= 11 is 0. The number of anilines is 1. The number of aromatic nitrogens is 4. The largest absolute Gasteiger partial charge is 0.352 e. The van der Waals surface area contributed by atoms with Crippen molar-refractivity contribution in [3.8, 4) is 5.82 Å². The fourth-order valence-corrected chi connectivity index (χ4v) is 4.11. The maximum atomic E-state index is 13.3. The molecule has 0 N–H and O–H groups in total. The summed E-state index contributed by atoms with van der Waals surface area (Å²) in [7, 11) is 0. The van der Waals surface area contributed by atoms with E-state index < -0.39 is 5.41 Å². The van der Waals surface area contributed by atoms with Crippen LogP contribution < -0.4 is 4.90 Å². The second-order valence-electron chi connectivity index (χ2n) is 8.02. The molecule has 7 nitrogen and oxygen atoms in total. The zero-order valence-electron chi connectivity index (χ0n) is 16.8. The van der Waals surface area contributed by atoms with E-state index in [1.165, 1.54) is 12.1 Å². The topological polar surface area (TPSA) is 67.2 Å². The van der Waals surface area contributed by atoms with Gasteiger partial charge in [-0.15, -0.1) is 10.2 Å². The Balaban J connectivity index is 1.23. The van der Waals surface area contributed by atoms with Crippen LogP contribution in [0.25, 0.3) is 5.82 Å². The van der Waals surface area contributed by atoms with Gasteiger partial charge in [-0.25, -0.2) is 9.07 Å². The molecule has 0 spiro atoms. The first-order valence-electron chi connectivity index (χ1n) is 10.2. The van der Waals surface area contributed by atoms with Gasteiger partial charge >= 0.3 is 0 Å². The highest BCUT2D eigenvalue weighted by Gasteiger charge is 2.53. The molecule has 1 aliphatic heterocycles. The van der Waals surface area contributed by atoms with Crippen molar-refractivity contribution >= 4 is 11.7 Å². The standard InChI is InChI=1S/C22H23FN6O/c1-16-8-11-29(26-16)20-7-6-19(24-25-20)27-12-14-28(15-13-27)21(30)22(9-10-22)17-2-4-18(23)5-3-17/h2-8,11H,9-10,12-15H2,1H3. The summed E-state index contributed by atoms with van der Waals surface area (Å²) in [6, 6.07) is 12.1. The Hall–Kier alpha value is -3.29. The summed E-state index contributed by atoms with van der Waals surface area (Å²) in [5, 5.41) is 13.0. The van der Waals surface area contributed by atoms with Gasteiger partial charge in [-0.1, -0.05) is 12.1 Å². The van der Waals surface area contributed by atoms with Crippen LogP contribution in [-0.2, 0) is 10.2 Å². The molecule has 1 aliphatic carbocycles. The molecule has 30 heavy (non-hydrogen) atoms. The molecular formula is C22H23FN6O. The summed E-state index contributed by atoms with van der Waals surface area (Å²) < 4.78 is 15.0. The van der Waals surface area contributed by atoms with Crippen molar-refractivity contribution in [3.63, 3.8) is 0 Å². The maximum absolute atomic E-state index is 13.3. The summed E-state index contributed by atoms with van der Waals surface area (Å²) in [4.78, 5) is 17.3. The monoisotopic (exact) mass is 406 g/mol. The van der Waals surface area contributed by atoms with Crippen LogP contribution in [0.3, 0.4) is 0 Å². The third-order valence-corrected chi connectivity index (χ3v) is 6.04. The highest BCUT2D eigenvalue weighted by Crippen LogP contribution is 2.49. The molecule has 0 radical (unpaired) electrons. The second-order valence-corrected chi connectivity index (χ2v) is 8.02. The molecule has 0 atom stereocenters. The minimum absolute atomic E-state index is 0.157. The van der Waals surface area contributed by atoms with Crippen LogP contribution in [0.15, 0.2) is 48.7 Å². The number of hydrogen-bond acceptors (Lipinski definition) is 5. The first-order valence-corrected chi connectivity index (χ1v) is 10.2. The first-order chi connectivity index (χ1) is 14.5. The summed E-state index contributed by atoms with van der Waals surface area (Å²) in [5.41, 5.74) is 1.39. The Morgan fingerprint density at radius 3 is 2.17 bits per heavy atom. The predicted octanol–water partition coefficient (Wildman–Crippen LogP) is 2.49. The van der Waals surface area contributed by atoms with Gasteiger partial charge in [-0.2, -0.15) is 5.10 Å². The van der Waals surface area contributed by atoms with E-state index in [-0.39, 0.29) is 11.7 Å². The number of carbonyl (C=O) groups excluding carboxylic acids is 1. The molecule has 2 aliphatic rings. The fourth-order valence-electron chi connectivity index (χ4n) is 4.11. The summed E-state index contributed by atoms with van der Waals surface area (Å²) in [6.07, 6.45) is 3.52. The highest BCUT2D eigenvalue weighted by atomic mass is 19.1. The molecule has 2 aromatic heterocycles. The molecule has 1 saturated carbocycles. The quantitative estimate of drug-likeness (QED) is 0.666. The molecule has 3 aromatic rings. The molecule has 1 aromatic carbocycles. The normalized spacial score (nSPS) is 17.8. The van der Waals surface area contributed by atoms with E-state index in [4.69, 9.17) is 0 Å². The van der Waals surface area contributed by atoms with Crippen molar-refractivity contribution < 1.29 is 9.18 Å². The lowest BCUT2D eigenvalue weighted by molar-refractivity contribution is -0.134. The average molecular weight is 406 g/mol. The van der Waals surface area contributed by atoms with Crippen LogP contribution in [0.5, 0.6) is 0 Å². The van der Waals surface area contributed by atoms with E-state index in [0.717, 1.165) is 29.9 Å². The molecule has 8 heteroatoms. The van der Waals surface area contributed by atoms with E-state index in [1.54, 1.807) is 16.8 Å². The van der Waals surface area contributed by atoms with Gasteiger partial charge in [0.1, 0.15) is 5.82 Å². The highest BCUT2D eigenvalue weighted by molar-refractivity contribution is 5.91. The van der Waals surface area contributed by atoms with Crippen molar-refractivity contribution in [1.82, 2.24) is 24.9 Å². The number of piperazine rings is 1. The molecule has 2 fully saturated rings. The SMILES string of the molecule is Cc1ccn(-c2ccc(N3CCN(C(=O)C4(c5ccc(F)cc5)CC4)CC3)nn2)n1. The average Bonchev–Trinajstić information content (AvgIpc) is 3.48. The van der Waals surface area contributed by atoms with E-state index in [1.807, 2.05) is 36.2 Å². The third-order valence-electron chi connectivity index (χ3n) is 6.04. The molecule has 0 bridgehead atoms. The number of nitrogens with zero attached hydrogens (tertiary/aromatic N) is 6. The van der Waals surface area contributed by atoms with Gasteiger partial charge in [-0.05, 0) is 55.7 Å². The molecule has 0 unspecified atom stereocenters. The maximum Gasteiger partial charge on any atom is 0.233 e. The number of hydrogen-bond donors (Lipinski definition) is 0. The number of rotatable bonds is 4. The number of amides is 1. The van der Waals surface area contributed by atoms with Gasteiger partial charge in [0, 0.05) is 32.4 Å². The molecule has 1 saturated heterocycles. The van der Waals surface area contributed by atoms with Crippen LogP contribution >= 0.6 is 0 Å². The Bertz CT molecular complexity index is 1050. The van der Waals surface area contributed by atoms with E-state index >= 15 is 0 Å². The van der Waals surface area contributed by atoms with Crippen molar-refractivity contribution in [2.45, 2.75) is 25.2 Å². The van der Waals surface area contributed by atoms with Crippen LogP contribution in [0, 0.1) is 12.7 Å². The molecule has 3 heterocycles. The first kappa shape index (κ1) is 18.7. The van der Waals surface area contributed by atoms with Crippen molar-refractivity contribution in [2.24, 2.45) is 0 Å². The number of aryl methyl sites for hydroxylation is 1. The number of benzene rings is 1. The Labute approximate surface area is 174 Å². The lowest BCUT2D eigenvalue weighted by Crippen LogP contribution is -2.51. The van der Waals surface area contributed by atoms with Crippen LogP contribution in [0.1, 0.15) is 24.1 Å². The van der Waals surface area contributed by atoms with Gasteiger partial charge in [0.15, 0.2) is 11.6 Å². The van der Waals surface area contributed by atoms with Gasteiger partial charge < -0.3 is 9.80 Å². The Morgan fingerprint density at radius 1 is 0.933 bits per heavy atom. The van der Waals surface area contributed by atoms with Crippen molar-refractivity contribution in [3.05, 3.63) is 65.7 Å². The number of halogens is 1. The molecular weight excluding hydrogens is 383 g/mol. The van der Waals surface area contributed by atoms with Gasteiger partial charge in [0.25, 0.3) is 0 Å². The molecule has 154 valence electrons. The minimum atomic E-state index is -0.459. The zero-order chi connectivity index (χ0) is 20.7. The minimum Gasteiger partial charge on any atom is -0.352 e. The van der Waals surface area contributed by atoms with Gasteiger partial charge in [-0.3, -0.25) is 4.79 Å². The van der Waals surface area contributed by atoms with Crippen LogP contribution in [0.4, 0.5) is 10.2 Å². The van der Waals surface area contributed by atoms with Gasteiger partial charge in [0.05, 0.1) is 11.1 Å².